The molecule has 1 aliphatic rings. The number of carboxylic acids is 1. The number of thioether (sulfide) groups is 1. The molecular weight excluding hydrogens is 290 g/mol. The van der Waals surface area contributed by atoms with E-state index in [1.807, 2.05) is 6.07 Å². The smallest absolute Gasteiger partial charge is 0.313 e. The van der Waals surface area contributed by atoms with Crippen molar-refractivity contribution in [3.8, 4) is 0 Å². The minimum atomic E-state index is -0.847. The van der Waals surface area contributed by atoms with Gasteiger partial charge in [-0.1, -0.05) is 11.8 Å². The van der Waals surface area contributed by atoms with Gasteiger partial charge in [-0.05, 0) is 25.8 Å². The average Bonchev–Trinajstić information content (AvgIpc) is 3.02. The molecule has 1 unspecified atom stereocenters. The minimum Gasteiger partial charge on any atom is -0.481 e. The van der Waals surface area contributed by atoms with Gasteiger partial charge in [0.15, 0.2) is 5.16 Å². The molecule has 0 bridgehead atoms. The van der Waals surface area contributed by atoms with E-state index in [-0.39, 0.29) is 11.4 Å². The second kappa shape index (κ2) is 5.65. The molecule has 1 fully saturated rings. The van der Waals surface area contributed by atoms with Crippen molar-refractivity contribution in [3.05, 3.63) is 18.5 Å². The van der Waals surface area contributed by atoms with Crippen LogP contribution in [0.15, 0.2) is 23.6 Å². The van der Waals surface area contributed by atoms with Gasteiger partial charge in [0.05, 0.1) is 29.6 Å². The Kier molecular flexibility index (Phi) is 3.86. The van der Waals surface area contributed by atoms with Crippen LogP contribution in [0.3, 0.4) is 0 Å². The molecule has 0 spiro atoms. The largest absolute Gasteiger partial charge is 0.481 e. The number of ether oxygens (including phenoxy) is 1. The maximum atomic E-state index is 10.8. The fraction of sp³-hybridized carbons (Fsp3) is 0.500. The lowest BCUT2D eigenvalue weighted by Crippen LogP contribution is -2.29. The first-order chi connectivity index (χ1) is 10.1. The molecular formula is C14H17N3O3S. The highest BCUT2D eigenvalue weighted by molar-refractivity contribution is 7.99. The summed E-state index contributed by atoms with van der Waals surface area (Å²) in [6.07, 6.45) is 5.49. The Balaban J connectivity index is 1.96. The predicted molar refractivity (Wildman–Crippen MR) is 79.5 cm³/mol. The van der Waals surface area contributed by atoms with Gasteiger partial charge in [-0.15, -0.1) is 0 Å². The number of aromatic nitrogens is 3. The molecule has 0 amide bonds. The number of fused-ring (bicyclic) bond motifs is 1. The predicted octanol–water partition coefficient (Wildman–Crippen LogP) is 2.18. The van der Waals surface area contributed by atoms with Gasteiger partial charge in [0.1, 0.15) is 5.52 Å². The molecule has 21 heavy (non-hydrogen) atoms. The van der Waals surface area contributed by atoms with E-state index in [4.69, 9.17) is 9.84 Å². The molecule has 6 nitrogen and oxygen atoms in total. The maximum absolute atomic E-state index is 10.8. The zero-order valence-electron chi connectivity index (χ0n) is 11.8. The summed E-state index contributed by atoms with van der Waals surface area (Å²) in [5.74, 6) is -0.853. The molecule has 7 heteroatoms. The second-order valence-electron chi connectivity index (χ2n) is 5.43. The third-order valence-electron chi connectivity index (χ3n) is 3.63. The first kappa shape index (κ1) is 14.3. The summed E-state index contributed by atoms with van der Waals surface area (Å²) in [6, 6.07) is 1.91. The van der Waals surface area contributed by atoms with Gasteiger partial charge < -0.3 is 14.4 Å². The molecule has 1 saturated heterocycles. The van der Waals surface area contributed by atoms with Crippen LogP contribution in [-0.2, 0) is 16.1 Å². The third-order valence-corrected chi connectivity index (χ3v) is 4.59. The molecule has 1 aliphatic heterocycles. The third kappa shape index (κ3) is 3.03. The molecule has 3 heterocycles. The van der Waals surface area contributed by atoms with Crippen molar-refractivity contribution in [1.82, 2.24) is 14.5 Å². The number of imidazole rings is 1. The van der Waals surface area contributed by atoms with E-state index in [2.05, 4.69) is 21.5 Å². The van der Waals surface area contributed by atoms with E-state index in [1.54, 1.807) is 12.4 Å². The SMILES string of the molecule is CC1(Cn2c(SCC(=O)O)nc3cnccc32)CCCO1. The van der Waals surface area contributed by atoms with Crippen molar-refractivity contribution in [2.24, 2.45) is 0 Å². The first-order valence-electron chi connectivity index (χ1n) is 6.86. The van der Waals surface area contributed by atoms with E-state index in [1.165, 1.54) is 11.8 Å². The Hall–Kier alpha value is -1.60. The van der Waals surface area contributed by atoms with E-state index in [0.717, 1.165) is 30.5 Å². The van der Waals surface area contributed by atoms with Crippen LogP contribution in [-0.4, -0.2) is 43.6 Å². The molecule has 0 aliphatic carbocycles. The number of rotatable bonds is 5. The highest BCUT2D eigenvalue weighted by Gasteiger charge is 2.31. The summed E-state index contributed by atoms with van der Waals surface area (Å²) in [5.41, 5.74) is 1.54. The topological polar surface area (TPSA) is 77.2 Å². The van der Waals surface area contributed by atoms with Crippen LogP contribution in [0.2, 0.25) is 0 Å². The second-order valence-corrected chi connectivity index (χ2v) is 6.37. The van der Waals surface area contributed by atoms with Gasteiger partial charge in [0.25, 0.3) is 0 Å². The zero-order chi connectivity index (χ0) is 14.9. The van der Waals surface area contributed by atoms with Crippen molar-refractivity contribution in [3.63, 3.8) is 0 Å². The Bertz CT molecular complexity index is 665. The zero-order valence-corrected chi connectivity index (χ0v) is 12.6. The van der Waals surface area contributed by atoms with E-state index in [0.29, 0.717) is 11.7 Å². The Morgan fingerprint density at radius 2 is 2.48 bits per heavy atom. The van der Waals surface area contributed by atoms with Crippen molar-refractivity contribution in [2.75, 3.05) is 12.4 Å². The quantitative estimate of drug-likeness (QED) is 0.853. The van der Waals surface area contributed by atoms with Crippen LogP contribution >= 0.6 is 11.8 Å². The average molecular weight is 307 g/mol. The Labute approximate surface area is 126 Å². The van der Waals surface area contributed by atoms with Crippen molar-refractivity contribution in [2.45, 2.75) is 37.1 Å². The van der Waals surface area contributed by atoms with E-state index in [9.17, 15) is 4.79 Å². The monoisotopic (exact) mass is 307 g/mol. The van der Waals surface area contributed by atoms with Crippen LogP contribution in [0.1, 0.15) is 19.8 Å². The summed E-state index contributed by atoms with van der Waals surface area (Å²) < 4.78 is 7.90. The molecule has 0 saturated carbocycles. The van der Waals surface area contributed by atoms with Crippen LogP contribution in [0.5, 0.6) is 0 Å². The van der Waals surface area contributed by atoms with Crippen LogP contribution in [0.4, 0.5) is 0 Å². The maximum Gasteiger partial charge on any atom is 0.313 e. The number of nitrogens with zero attached hydrogens (tertiary/aromatic N) is 3. The number of aliphatic carboxylic acids is 1. The molecule has 0 radical (unpaired) electrons. The van der Waals surface area contributed by atoms with Crippen LogP contribution < -0.4 is 0 Å². The molecule has 2 aromatic heterocycles. The van der Waals surface area contributed by atoms with Crippen molar-refractivity contribution >= 4 is 28.8 Å². The molecule has 2 aromatic rings. The molecule has 3 rings (SSSR count). The van der Waals surface area contributed by atoms with Gasteiger partial charge in [0, 0.05) is 12.8 Å². The van der Waals surface area contributed by atoms with Crippen LogP contribution in [0, 0.1) is 0 Å². The molecule has 112 valence electrons. The standard InChI is InChI=1S/C14H17N3O3S/c1-14(4-2-6-20-14)9-17-11-3-5-15-7-10(11)16-13(17)21-8-12(18)19/h3,5,7H,2,4,6,8-9H2,1H3,(H,18,19). The number of carboxylic acid groups (broad SMARTS) is 1. The first-order valence-corrected chi connectivity index (χ1v) is 7.85. The summed E-state index contributed by atoms with van der Waals surface area (Å²) in [7, 11) is 0. The molecule has 1 atom stereocenters. The summed E-state index contributed by atoms with van der Waals surface area (Å²) in [5, 5.41) is 9.59. The fourth-order valence-corrected chi connectivity index (χ4v) is 3.38. The normalized spacial score (nSPS) is 22.0. The number of carbonyl (C=O) groups is 1. The number of pyridine rings is 1. The van der Waals surface area contributed by atoms with Gasteiger partial charge in [-0.3, -0.25) is 9.78 Å². The lowest BCUT2D eigenvalue weighted by Gasteiger charge is -2.24. The fourth-order valence-electron chi connectivity index (χ4n) is 2.64. The number of hydrogen-bond acceptors (Lipinski definition) is 5. The lowest BCUT2D eigenvalue weighted by molar-refractivity contribution is -0.133. The molecule has 0 aromatic carbocycles. The van der Waals surface area contributed by atoms with Crippen molar-refractivity contribution in [1.29, 1.82) is 0 Å². The van der Waals surface area contributed by atoms with E-state index < -0.39 is 5.97 Å². The Morgan fingerprint density at radius 3 is 3.19 bits per heavy atom. The van der Waals surface area contributed by atoms with Gasteiger partial charge in [-0.25, -0.2) is 4.98 Å². The Morgan fingerprint density at radius 1 is 1.62 bits per heavy atom. The number of hydrogen-bond donors (Lipinski definition) is 1. The highest BCUT2D eigenvalue weighted by atomic mass is 32.2. The van der Waals surface area contributed by atoms with Crippen LogP contribution in [0.25, 0.3) is 11.0 Å². The van der Waals surface area contributed by atoms with Gasteiger partial charge >= 0.3 is 5.97 Å². The summed E-state index contributed by atoms with van der Waals surface area (Å²) >= 11 is 1.23. The minimum absolute atomic E-state index is 0.00563. The summed E-state index contributed by atoms with van der Waals surface area (Å²) in [6.45, 7) is 3.55. The van der Waals surface area contributed by atoms with Gasteiger partial charge in [-0.2, -0.15) is 0 Å². The van der Waals surface area contributed by atoms with Crippen molar-refractivity contribution < 1.29 is 14.6 Å². The molecule has 1 N–H and O–H groups in total. The lowest BCUT2D eigenvalue weighted by atomic mass is 10.0. The summed E-state index contributed by atoms with van der Waals surface area (Å²) in [4.78, 5) is 19.4. The van der Waals surface area contributed by atoms with E-state index >= 15 is 0 Å². The highest BCUT2D eigenvalue weighted by Crippen LogP contribution is 2.31. The van der Waals surface area contributed by atoms with Gasteiger partial charge in [0.2, 0.25) is 0 Å².